The van der Waals surface area contributed by atoms with Gasteiger partial charge in [-0.05, 0) is 37.1 Å². The van der Waals surface area contributed by atoms with Crippen LogP contribution in [0.2, 0.25) is 0 Å². The van der Waals surface area contributed by atoms with Gasteiger partial charge in [-0.15, -0.1) is 11.3 Å². The molecule has 4 rings (SSSR count). The van der Waals surface area contributed by atoms with E-state index in [0.717, 1.165) is 38.8 Å². The Kier molecular flexibility index (Phi) is 4.64. The predicted octanol–water partition coefficient (Wildman–Crippen LogP) is 4.70. The van der Waals surface area contributed by atoms with Crippen LogP contribution in [0.15, 0.2) is 60.2 Å². The maximum atomic E-state index is 12.4. The minimum Gasteiger partial charge on any atom is -0.483 e. The van der Waals surface area contributed by atoms with E-state index in [1.807, 2.05) is 78.5 Å². The van der Waals surface area contributed by atoms with Crippen LogP contribution in [0.4, 0.5) is 5.69 Å². The number of hydrogen-bond acceptors (Lipinski definition) is 4. The Bertz CT molecular complexity index is 1090. The lowest BCUT2D eigenvalue weighted by atomic mass is 10.1. The Balaban J connectivity index is 1.50. The van der Waals surface area contributed by atoms with Crippen molar-refractivity contribution in [2.45, 2.75) is 13.8 Å². The van der Waals surface area contributed by atoms with Crippen LogP contribution in [0.3, 0.4) is 0 Å². The number of aryl methyl sites for hydroxylation is 2. The number of nitrogens with one attached hydrogen (secondary N) is 1. The molecule has 5 nitrogen and oxygen atoms in total. The van der Waals surface area contributed by atoms with E-state index in [4.69, 9.17) is 4.74 Å². The molecule has 0 bridgehead atoms. The summed E-state index contributed by atoms with van der Waals surface area (Å²) in [6.45, 7) is 3.92. The fourth-order valence-electron chi connectivity index (χ4n) is 2.87. The monoisotopic (exact) mass is 377 g/mol. The zero-order valence-electron chi connectivity index (χ0n) is 15.1. The van der Waals surface area contributed by atoms with Crippen molar-refractivity contribution < 1.29 is 9.53 Å². The fraction of sp³-hybridized carbons (Fsp3) is 0.143. The lowest BCUT2D eigenvalue weighted by Crippen LogP contribution is -2.20. The number of imidazole rings is 1. The summed E-state index contributed by atoms with van der Waals surface area (Å²) in [7, 11) is 0. The predicted molar refractivity (Wildman–Crippen MR) is 109 cm³/mol. The molecule has 0 aliphatic heterocycles. The second-order valence-electron chi connectivity index (χ2n) is 6.37. The van der Waals surface area contributed by atoms with Crippen molar-refractivity contribution in [2.75, 3.05) is 11.9 Å². The Hall–Kier alpha value is -3.12. The van der Waals surface area contributed by atoms with Gasteiger partial charge < -0.3 is 10.1 Å². The molecule has 0 saturated carbocycles. The summed E-state index contributed by atoms with van der Waals surface area (Å²) < 4.78 is 7.68. The van der Waals surface area contributed by atoms with Gasteiger partial charge in [0.1, 0.15) is 5.75 Å². The summed E-state index contributed by atoms with van der Waals surface area (Å²) in [4.78, 5) is 18.0. The molecule has 4 aromatic rings. The minimum atomic E-state index is -0.204. The van der Waals surface area contributed by atoms with Crippen molar-refractivity contribution in [3.63, 3.8) is 0 Å². The van der Waals surface area contributed by atoms with Gasteiger partial charge in [-0.1, -0.05) is 30.3 Å². The molecular weight excluding hydrogens is 358 g/mol. The van der Waals surface area contributed by atoms with Crippen molar-refractivity contribution in [1.29, 1.82) is 0 Å². The normalized spacial score (nSPS) is 10.9. The third-order valence-electron chi connectivity index (χ3n) is 4.27. The number of carbonyl (C=O) groups excluding carboxylic acids is 1. The molecular formula is C21H19N3O2S. The second kappa shape index (κ2) is 7.25. The highest BCUT2D eigenvalue weighted by atomic mass is 32.1. The molecule has 136 valence electrons. The topological polar surface area (TPSA) is 55.6 Å². The van der Waals surface area contributed by atoms with Crippen molar-refractivity contribution >= 4 is 27.9 Å². The number of benzene rings is 2. The first kappa shape index (κ1) is 17.3. The number of carbonyl (C=O) groups is 1. The van der Waals surface area contributed by atoms with E-state index in [0.29, 0.717) is 0 Å². The van der Waals surface area contributed by atoms with Crippen molar-refractivity contribution in [3.8, 4) is 17.0 Å². The van der Waals surface area contributed by atoms with Gasteiger partial charge in [-0.2, -0.15) is 0 Å². The fourth-order valence-corrected chi connectivity index (χ4v) is 3.57. The zero-order chi connectivity index (χ0) is 18.8. The number of hydrogen-bond donors (Lipinski definition) is 1. The molecule has 0 fully saturated rings. The van der Waals surface area contributed by atoms with Crippen LogP contribution < -0.4 is 10.1 Å². The van der Waals surface area contributed by atoms with E-state index in [1.54, 1.807) is 11.3 Å². The summed E-state index contributed by atoms with van der Waals surface area (Å²) in [5, 5.41) is 4.93. The molecule has 0 radical (unpaired) electrons. The molecule has 1 N–H and O–H groups in total. The lowest BCUT2D eigenvalue weighted by molar-refractivity contribution is -0.118. The van der Waals surface area contributed by atoms with E-state index in [9.17, 15) is 4.79 Å². The number of thiazole rings is 1. The average molecular weight is 377 g/mol. The molecule has 0 aliphatic carbocycles. The van der Waals surface area contributed by atoms with E-state index < -0.39 is 0 Å². The molecule has 0 unspecified atom stereocenters. The number of nitrogens with zero attached hydrogens (tertiary/aromatic N) is 2. The Morgan fingerprint density at radius 2 is 2.07 bits per heavy atom. The van der Waals surface area contributed by atoms with Gasteiger partial charge in [-0.3, -0.25) is 9.20 Å². The third-order valence-corrected chi connectivity index (χ3v) is 5.04. The van der Waals surface area contributed by atoms with Crippen molar-refractivity contribution in [3.05, 3.63) is 71.4 Å². The quantitative estimate of drug-likeness (QED) is 0.549. The van der Waals surface area contributed by atoms with Gasteiger partial charge >= 0.3 is 0 Å². The van der Waals surface area contributed by atoms with Crippen LogP contribution in [0.5, 0.6) is 5.75 Å². The van der Waals surface area contributed by atoms with Crippen LogP contribution in [0.25, 0.3) is 16.2 Å². The number of ether oxygens (including phenoxy) is 1. The van der Waals surface area contributed by atoms with Crippen molar-refractivity contribution in [2.24, 2.45) is 0 Å². The van der Waals surface area contributed by atoms with Gasteiger partial charge in [-0.25, -0.2) is 4.98 Å². The van der Waals surface area contributed by atoms with E-state index in [1.165, 1.54) is 0 Å². The van der Waals surface area contributed by atoms with Crippen molar-refractivity contribution in [1.82, 2.24) is 9.38 Å². The SMILES string of the molecule is Cc1ccc(C)c(OCC(=O)Nc2ccccc2-c2cn3ccsc3n2)c1. The first-order valence-corrected chi connectivity index (χ1v) is 9.49. The highest BCUT2D eigenvalue weighted by molar-refractivity contribution is 7.15. The highest BCUT2D eigenvalue weighted by Gasteiger charge is 2.12. The third kappa shape index (κ3) is 3.71. The van der Waals surface area contributed by atoms with Crippen LogP contribution in [0.1, 0.15) is 11.1 Å². The average Bonchev–Trinajstić information content (AvgIpc) is 3.25. The molecule has 0 spiro atoms. The summed E-state index contributed by atoms with van der Waals surface area (Å²) in [5.74, 6) is 0.525. The summed E-state index contributed by atoms with van der Waals surface area (Å²) in [6.07, 6.45) is 3.93. The largest absolute Gasteiger partial charge is 0.483 e. The lowest BCUT2D eigenvalue weighted by Gasteiger charge is -2.12. The number of rotatable bonds is 5. The van der Waals surface area contributed by atoms with Crippen LogP contribution >= 0.6 is 11.3 Å². The molecule has 6 heteroatoms. The molecule has 1 amide bonds. The van der Waals surface area contributed by atoms with Gasteiger partial charge in [0.15, 0.2) is 11.6 Å². The molecule has 2 aromatic heterocycles. The minimum absolute atomic E-state index is 0.0447. The standard InChI is InChI=1S/C21H19N3O2S/c1-14-7-8-15(2)19(11-14)26-13-20(25)22-17-6-4-3-5-16(17)18-12-24-9-10-27-21(24)23-18/h3-12H,13H2,1-2H3,(H,22,25). The number of fused-ring (bicyclic) bond motifs is 1. The molecule has 0 atom stereocenters. The first-order chi connectivity index (χ1) is 13.1. The Morgan fingerprint density at radius 1 is 1.22 bits per heavy atom. The van der Waals surface area contributed by atoms with Gasteiger partial charge in [0, 0.05) is 23.3 Å². The summed E-state index contributed by atoms with van der Waals surface area (Å²) in [6, 6.07) is 13.6. The molecule has 27 heavy (non-hydrogen) atoms. The van der Waals surface area contributed by atoms with Crippen LogP contribution in [0, 0.1) is 13.8 Å². The van der Waals surface area contributed by atoms with E-state index >= 15 is 0 Å². The van der Waals surface area contributed by atoms with E-state index in [-0.39, 0.29) is 12.5 Å². The summed E-state index contributed by atoms with van der Waals surface area (Å²) in [5.41, 5.74) is 4.53. The zero-order valence-corrected chi connectivity index (χ0v) is 15.9. The molecule has 2 heterocycles. The van der Waals surface area contributed by atoms with Gasteiger partial charge in [0.05, 0.1) is 11.4 Å². The smallest absolute Gasteiger partial charge is 0.262 e. The van der Waals surface area contributed by atoms with Crippen LogP contribution in [-0.4, -0.2) is 21.9 Å². The number of anilines is 1. The number of para-hydroxylation sites is 1. The maximum Gasteiger partial charge on any atom is 0.262 e. The maximum absolute atomic E-state index is 12.4. The van der Waals surface area contributed by atoms with E-state index in [2.05, 4.69) is 10.3 Å². The Labute approximate surface area is 161 Å². The Morgan fingerprint density at radius 3 is 2.93 bits per heavy atom. The summed E-state index contributed by atoms with van der Waals surface area (Å²) >= 11 is 1.58. The van der Waals surface area contributed by atoms with Crippen LogP contribution in [-0.2, 0) is 4.79 Å². The second-order valence-corrected chi connectivity index (χ2v) is 7.24. The van der Waals surface area contributed by atoms with Gasteiger partial charge in [0.2, 0.25) is 0 Å². The number of amides is 1. The molecule has 2 aromatic carbocycles. The number of aromatic nitrogens is 2. The first-order valence-electron chi connectivity index (χ1n) is 8.61. The van der Waals surface area contributed by atoms with Gasteiger partial charge in [0.25, 0.3) is 5.91 Å². The highest BCUT2D eigenvalue weighted by Crippen LogP contribution is 2.28. The molecule has 0 aliphatic rings. The molecule has 0 saturated heterocycles.